The van der Waals surface area contributed by atoms with Crippen molar-refractivity contribution >= 4 is 5.91 Å². The highest BCUT2D eigenvalue weighted by Crippen LogP contribution is 2.33. The van der Waals surface area contributed by atoms with E-state index in [0.29, 0.717) is 12.8 Å². The topological polar surface area (TPSA) is 307 Å². The Morgan fingerprint density at radius 2 is 0.703 bits per heavy atom. The van der Waals surface area contributed by atoms with E-state index in [-0.39, 0.29) is 18.9 Å². The van der Waals surface area contributed by atoms with Crippen molar-refractivity contribution in [3.05, 3.63) is 24.3 Å². The predicted octanol–water partition coefficient (Wildman–Crippen LogP) is 10.6. The van der Waals surface area contributed by atoms with Crippen molar-refractivity contribution in [3.8, 4) is 0 Å². The zero-order valence-electron chi connectivity index (χ0n) is 56.8. The van der Waals surface area contributed by atoms with E-state index >= 15 is 0 Å². The largest absolute Gasteiger partial charge is 0.394 e. The summed E-state index contributed by atoms with van der Waals surface area (Å²) in [5.74, 6) is -0.279. The number of carbonyl (C=O) groups is 1. The summed E-state index contributed by atoms with van der Waals surface area (Å²) in [5.41, 5.74) is 0. The lowest BCUT2D eigenvalue weighted by atomic mass is 9.96. The Hall–Kier alpha value is -1.73. The summed E-state index contributed by atoms with van der Waals surface area (Å²) < 4.78 is 34.4. The fourth-order valence-corrected chi connectivity index (χ4v) is 12.7. The van der Waals surface area contributed by atoms with Gasteiger partial charge in [-0.1, -0.05) is 282 Å². The first kappa shape index (κ1) is 83.5. The minimum absolute atomic E-state index is 0.241. The van der Waals surface area contributed by atoms with E-state index in [1.165, 1.54) is 225 Å². The number of ether oxygens (including phenoxy) is 6. The molecule has 0 aromatic heterocycles. The lowest BCUT2D eigenvalue weighted by Crippen LogP contribution is -2.66. The normalized spacial score (nSPS) is 27.9. The average Bonchev–Trinajstić information content (AvgIpc) is 0.885. The van der Waals surface area contributed by atoms with Gasteiger partial charge in [0.25, 0.3) is 0 Å². The van der Waals surface area contributed by atoms with Crippen molar-refractivity contribution in [2.75, 3.05) is 26.4 Å². The second kappa shape index (κ2) is 54.3. The van der Waals surface area contributed by atoms with Crippen LogP contribution in [0, 0.1) is 0 Å². The van der Waals surface area contributed by atoms with Crippen molar-refractivity contribution < 1.29 is 89.4 Å². The van der Waals surface area contributed by atoms with Crippen molar-refractivity contribution in [2.45, 2.75) is 401 Å². The quantitative estimate of drug-likeness (QED) is 0.0199. The molecule has 3 aliphatic rings. The maximum absolute atomic E-state index is 13.4. The van der Waals surface area contributed by atoms with Gasteiger partial charge in [0.05, 0.1) is 38.6 Å². The van der Waals surface area contributed by atoms with Gasteiger partial charge >= 0.3 is 0 Å². The number of nitrogens with one attached hydrogen (secondary N) is 1. The van der Waals surface area contributed by atoms with Gasteiger partial charge < -0.3 is 89.9 Å². The summed E-state index contributed by atoms with van der Waals surface area (Å²) in [4.78, 5) is 13.4. The molecule has 0 aromatic carbocycles. The van der Waals surface area contributed by atoms with Crippen LogP contribution in [0.1, 0.15) is 296 Å². The predicted molar refractivity (Wildman–Crippen MR) is 356 cm³/mol. The Balaban J connectivity index is 1.38. The van der Waals surface area contributed by atoms with Crippen LogP contribution < -0.4 is 5.32 Å². The summed E-state index contributed by atoms with van der Waals surface area (Å²) in [6, 6.07) is -0.987. The molecule has 3 fully saturated rings. The van der Waals surface area contributed by atoms with Gasteiger partial charge in [-0.15, -0.1) is 0 Å². The molecule has 3 aliphatic heterocycles. The maximum atomic E-state index is 13.4. The van der Waals surface area contributed by atoms with Crippen molar-refractivity contribution in [1.82, 2.24) is 5.32 Å². The third kappa shape index (κ3) is 35.9. The Kier molecular flexibility index (Phi) is 49.8. The fourth-order valence-electron chi connectivity index (χ4n) is 12.7. The molecule has 0 saturated carbocycles. The number of carbonyl (C=O) groups excluding carboxylic acids is 1. The number of aliphatic hydroxyl groups excluding tert-OH is 11. The molecule has 19 nitrogen and oxygen atoms in total. The molecule has 19 heteroatoms. The van der Waals surface area contributed by atoms with Gasteiger partial charge in [-0.2, -0.15) is 0 Å². The zero-order valence-corrected chi connectivity index (χ0v) is 56.8. The average molecular weight is 1300 g/mol. The monoisotopic (exact) mass is 1300 g/mol. The summed E-state index contributed by atoms with van der Waals surface area (Å²) in [5, 5.41) is 121. The molecule has 0 radical (unpaired) electrons. The Morgan fingerprint density at radius 3 is 1.10 bits per heavy atom. The summed E-state index contributed by atoms with van der Waals surface area (Å²) >= 11 is 0. The standard InChI is InChI=1S/C72H135NO18/c1-3-5-7-9-11-13-15-17-19-21-22-23-24-25-26-27-28-29-30-31-32-33-34-36-38-40-42-44-46-48-50-60(78)73-55(56(77)49-47-45-43-41-39-37-35-20-18-16-14-12-10-8-6-4-2)54-86-70-66(84)63(81)68(58(52-75)88-70)91-72-67(85)64(82)69(59(53-76)89-72)90-71-65(83)62(80)61(79)57(51-74)87-71/h39,41,47,49,55-59,61-72,74-77,79-85H,3-38,40,42-46,48,50-54H2,1-2H3,(H,73,78)/b41-39+,49-47+. The molecule has 17 atom stereocenters. The van der Waals surface area contributed by atoms with Crippen LogP contribution in [0.4, 0.5) is 0 Å². The van der Waals surface area contributed by atoms with Gasteiger partial charge in [0.2, 0.25) is 5.91 Å². The first-order chi connectivity index (χ1) is 44.3. The number of rotatable bonds is 58. The molecule has 91 heavy (non-hydrogen) atoms. The van der Waals surface area contributed by atoms with Crippen LogP contribution in [0.25, 0.3) is 0 Å². The van der Waals surface area contributed by atoms with Crippen LogP contribution in [0.3, 0.4) is 0 Å². The molecule has 3 saturated heterocycles. The summed E-state index contributed by atoms with van der Waals surface area (Å²) in [6.07, 6.45) is 36.1. The SMILES string of the molecule is CCCCCCCCCCCC/C=C/CC/C=C/C(O)C(COC1OC(CO)C(OC2OC(CO)C(OC3OC(CO)C(O)C(O)C3O)C(O)C2O)C(O)C1O)NC(=O)CCCCCCCCCCCCCCCCCCCCCCCCCCCCCCCC. The Labute approximate surface area is 549 Å². The van der Waals surface area contributed by atoms with E-state index in [1.807, 2.05) is 6.08 Å². The van der Waals surface area contributed by atoms with Crippen LogP contribution >= 0.6 is 0 Å². The minimum atomic E-state index is -1.98. The lowest BCUT2D eigenvalue weighted by Gasteiger charge is -2.48. The number of aliphatic hydroxyl groups is 11. The fraction of sp³-hybridized carbons (Fsp3) is 0.931. The van der Waals surface area contributed by atoms with Crippen LogP contribution in [0.5, 0.6) is 0 Å². The Morgan fingerprint density at radius 1 is 0.385 bits per heavy atom. The summed E-state index contributed by atoms with van der Waals surface area (Å²) in [7, 11) is 0. The van der Waals surface area contributed by atoms with Gasteiger partial charge in [0.1, 0.15) is 73.2 Å². The van der Waals surface area contributed by atoms with E-state index in [9.17, 15) is 61.0 Å². The third-order valence-electron chi connectivity index (χ3n) is 18.8. The van der Waals surface area contributed by atoms with Gasteiger partial charge in [0.15, 0.2) is 18.9 Å². The number of hydrogen-bond acceptors (Lipinski definition) is 18. The first-order valence-electron chi connectivity index (χ1n) is 37.1. The van der Waals surface area contributed by atoms with Crippen LogP contribution in [-0.2, 0) is 33.2 Å². The number of amides is 1. The molecule has 0 aromatic rings. The lowest BCUT2D eigenvalue weighted by molar-refractivity contribution is -0.379. The molecule has 12 N–H and O–H groups in total. The number of hydrogen-bond donors (Lipinski definition) is 12. The van der Waals surface area contributed by atoms with Gasteiger partial charge in [-0.3, -0.25) is 4.79 Å². The second-order valence-corrected chi connectivity index (χ2v) is 26.8. The van der Waals surface area contributed by atoms with E-state index in [1.54, 1.807) is 6.08 Å². The third-order valence-corrected chi connectivity index (χ3v) is 18.8. The van der Waals surface area contributed by atoms with Crippen LogP contribution in [0.15, 0.2) is 24.3 Å². The smallest absolute Gasteiger partial charge is 0.220 e. The molecule has 17 unspecified atom stereocenters. The van der Waals surface area contributed by atoms with Gasteiger partial charge in [-0.05, 0) is 32.1 Å². The van der Waals surface area contributed by atoms with E-state index in [2.05, 4.69) is 31.3 Å². The highest BCUT2D eigenvalue weighted by atomic mass is 16.8. The van der Waals surface area contributed by atoms with Crippen molar-refractivity contribution in [2.24, 2.45) is 0 Å². The molecule has 0 spiro atoms. The van der Waals surface area contributed by atoms with Crippen molar-refractivity contribution in [3.63, 3.8) is 0 Å². The van der Waals surface area contributed by atoms with E-state index in [4.69, 9.17) is 28.4 Å². The molecular formula is C72H135NO18. The van der Waals surface area contributed by atoms with Crippen molar-refractivity contribution in [1.29, 1.82) is 0 Å². The summed E-state index contributed by atoms with van der Waals surface area (Å²) in [6.45, 7) is 1.75. The number of unbranched alkanes of at least 4 members (excludes halogenated alkanes) is 40. The molecule has 0 bridgehead atoms. The minimum Gasteiger partial charge on any atom is -0.394 e. The van der Waals surface area contributed by atoms with Crippen LogP contribution in [0.2, 0.25) is 0 Å². The van der Waals surface area contributed by atoms with E-state index < -0.39 is 124 Å². The second-order valence-electron chi connectivity index (χ2n) is 26.8. The number of allylic oxidation sites excluding steroid dienone is 3. The molecule has 3 heterocycles. The molecular weight excluding hydrogens is 1170 g/mol. The van der Waals surface area contributed by atoms with Crippen LogP contribution in [-0.4, -0.2) is 193 Å². The Bertz CT molecular complexity index is 1750. The highest BCUT2D eigenvalue weighted by molar-refractivity contribution is 5.76. The molecule has 1 amide bonds. The highest BCUT2D eigenvalue weighted by Gasteiger charge is 2.53. The molecule has 0 aliphatic carbocycles. The first-order valence-corrected chi connectivity index (χ1v) is 37.1. The molecule has 536 valence electrons. The zero-order chi connectivity index (χ0) is 66.1. The van der Waals surface area contributed by atoms with E-state index in [0.717, 1.165) is 38.5 Å². The van der Waals surface area contributed by atoms with Gasteiger partial charge in [0, 0.05) is 6.42 Å². The van der Waals surface area contributed by atoms with Gasteiger partial charge in [-0.25, -0.2) is 0 Å². The maximum Gasteiger partial charge on any atom is 0.220 e. The molecule has 3 rings (SSSR count).